The summed E-state index contributed by atoms with van der Waals surface area (Å²) in [6.07, 6.45) is 4.92. The zero-order valence-electron chi connectivity index (χ0n) is 20.2. The Morgan fingerprint density at radius 1 is 1.09 bits per heavy atom. The number of anilines is 2. The number of thiophene rings is 1. The predicted molar refractivity (Wildman–Crippen MR) is 142 cm³/mol. The van der Waals surface area contributed by atoms with Crippen LogP contribution in [0.3, 0.4) is 0 Å². The average Bonchev–Trinajstić information content (AvgIpc) is 3.16. The van der Waals surface area contributed by atoms with Crippen LogP contribution in [0.4, 0.5) is 16.4 Å². The molecule has 1 aliphatic carbocycles. The molecule has 172 valence electrons. The molecule has 1 aromatic heterocycles. The molecule has 5 heteroatoms. The third-order valence-corrected chi connectivity index (χ3v) is 7.63. The van der Waals surface area contributed by atoms with Gasteiger partial charge in [0.05, 0.1) is 5.56 Å². The molecule has 2 aromatic carbocycles. The van der Waals surface area contributed by atoms with E-state index in [-0.39, 0.29) is 11.3 Å². The Morgan fingerprint density at radius 3 is 2.42 bits per heavy atom. The quantitative estimate of drug-likeness (QED) is 0.419. The molecule has 0 aliphatic heterocycles. The molecule has 0 radical (unpaired) electrons. The van der Waals surface area contributed by atoms with Crippen LogP contribution in [0.15, 0.2) is 59.6 Å². The fourth-order valence-corrected chi connectivity index (χ4v) is 5.61. The SMILES string of the molecule is CN(C)c1ccc(C=Nc2sc3c(c2C(=O)Nc2ccccc2)CC[C@@H](C(C)(C)C)C3)cc1. The molecule has 0 unspecified atom stereocenters. The number of nitrogens with zero attached hydrogens (tertiary/aromatic N) is 2. The van der Waals surface area contributed by atoms with Crippen molar-refractivity contribution in [3.05, 3.63) is 76.2 Å². The van der Waals surface area contributed by atoms with Crippen molar-refractivity contribution in [1.82, 2.24) is 0 Å². The zero-order valence-corrected chi connectivity index (χ0v) is 21.0. The Morgan fingerprint density at radius 2 is 1.79 bits per heavy atom. The number of amides is 1. The van der Waals surface area contributed by atoms with Crippen molar-refractivity contribution in [2.24, 2.45) is 16.3 Å². The van der Waals surface area contributed by atoms with Gasteiger partial charge < -0.3 is 10.2 Å². The van der Waals surface area contributed by atoms with Gasteiger partial charge in [-0.1, -0.05) is 51.1 Å². The minimum Gasteiger partial charge on any atom is -0.378 e. The second kappa shape index (κ2) is 9.52. The summed E-state index contributed by atoms with van der Waals surface area (Å²) in [5, 5.41) is 3.89. The van der Waals surface area contributed by atoms with Crippen molar-refractivity contribution in [2.75, 3.05) is 24.3 Å². The lowest BCUT2D eigenvalue weighted by Gasteiger charge is -2.33. The van der Waals surface area contributed by atoms with Crippen LogP contribution in [-0.4, -0.2) is 26.2 Å². The fourth-order valence-electron chi connectivity index (χ4n) is 4.34. The number of aliphatic imine (C=N–C) groups is 1. The smallest absolute Gasteiger partial charge is 0.259 e. The van der Waals surface area contributed by atoms with Gasteiger partial charge in [-0.15, -0.1) is 11.3 Å². The van der Waals surface area contributed by atoms with Crippen molar-refractivity contribution in [1.29, 1.82) is 0 Å². The first-order chi connectivity index (χ1) is 15.7. The molecule has 4 rings (SSSR count). The molecular weight excluding hydrogens is 426 g/mol. The van der Waals surface area contributed by atoms with Crippen molar-refractivity contribution in [3.8, 4) is 0 Å². The van der Waals surface area contributed by atoms with Gasteiger partial charge in [-0.3, -0.25) is 4.79 Å². The molecule has 4 nitrogen and oxygen atoms in total. The minimum absolute atomic E-state index is 0.0667. The van der Waals surface area contributed by atoms with Crippen LogP contribution < -0.4 is 10.2 Å². The molecule has 1 aliphatic rings. The van der Waals surface area contributed by atoms with E-state index in [9.17, 15) is 4.79 Å². The highest BCUT2D eigenvalue weighted by molar-refractivity contribution is 7.16. The van der Waals surface area contributed by atoms with Gasteiger partial charge in [0.1, 0.15) is 5.00 Å². The maximum atomic E-state index is 13.4. The lowest BCUT2D eigenvalue weighted by molar-refractivity contribution is 0.102. The summed E-state index contributed by atoms with van der Waals surface area (Å²) in [7, 11) is 4.06. The third-order valence-electron chi connectivity index (χ3n) is 6.47. The van der Waals surface area contributed by atoms with E-state index in [2.05, 4.69) is 55.3 Å². The second-order valence-corrected chi connectivity index (χ2v) is 11.1. The number of nitrogens with one attached hydrogen (secondary N) is 1. The van der Waals surface area contributed by atoms with Gasteiger partial charge in [-0.25, -0.2) is 4.99 Å². The molecular formula is C28H33N3OS. The first kappa shape index (κ1) is 23.2. The Labute approximate surface area is 201 Å². The number of para-hydroxylation sites is 1. The van der Waals surface area contributed by atoms with E-state index in [0.717, 1.165) is 46.8 Å². The molecule has 1 atom stereocenters. The number of benzene rings is 2. The third kappa shape index (κ3) is 5.36. The van der Waals surface area contributed by atoms with E-state index >= 15 is 0 Å². The van der Waals surface area contributed by atoms with Crippen LogP contribution in [0.1, 0.15) is 53.6 Å². The lowest BCUT2D eigenvalue weighted by atomic mass is 9.72. The summed E-state index contributed by atoms with van der Waals surface area (Å²) in [5.41, 5.74) is 5.16. The van der Waals surface area contributed by atoms with Crippen LogP contribution >= 0.6 is 11.3 Å². The molecule has 0 bridgehead atoms. The fraction of sp³-hybridized carbons (Fsp3) is 0.357. The van der Waals surface area contributed by atoms with Gasteiger partial charge in [0, 0.05) is 36.6 Å². The van der Waals surface area contributed by atoms with E-state index in [1.165, 1.54) is 10.4 Å². The largest absolute Gasteiger partial charge is 0.378 e. The number of carbonyl (C=O) groups excluding carboxylic acids is 1. The summed E-state index contributed by atoms with van der Waals surface area (Å²) < 4.78 is 0. The monoisotopic (exact) mass is 459 g/mol. The number of rotatable bonds is 5. The molecule has 0 saturated carbocycles. The Balaban J connectivity index is 1.67. The molecule has 1 N–H and O–H groups in total. The van der Waals surface area contributed by atoms with Gasteiger partial charge in [-0.05, 0) is 66.0 Å². The van der Waals surface area contributed by atoms with Crippen LogP contribution in [0.25, 0.3) is 0 Å². The Hall–Kier alpha value is -2.92. The summed E-state index contributed by atoms with van der Waals surface area (Å²) in [6, 6.07) is 17.9. The highest BCUT2D eigenvalue weighted by Gasteiger charge is 2.33. The topological polar surface area (TPSA) is 44.7 Å². The number of fused-ring (bicyclic) bond motifs is 1. The van der Waals surface area contributed by atoms with E-state index < -0.39 is 0 Å². The van der Waals surface area contributed by atoms with Crippen LogP contribution in [0, 0.1) is 11.3 Å². The van der Waals surface area contributed by atoms with Gasteiger partial charge in [-0.2, -0.15) is 0 Å². The molecule has 0 spiro atoms. The van der Waals surface area contributed by atoms with Crippen molar-refractivity contribution in [2.45, 2.75) is 40.0 Å². The van der Waals surface area contributed by atoms with Gasteiger partial charge in [0.25, 0.3) is 5.91 Å². The van der Waals surface area contributed by atoms with Crippen LogP contribution in [0.5, 0.6) is 0 Å². The van der Waals surface area contributed by atoms with E-state index in [4.69, 9.17) is 4.99 Å². The molecule has 1 heterocycles. The summed E-state index contributed by atoms with van der Waals surface area (Å²) in [5.74, 6) is 0.548. The summed E-state index contributed by atoms with van der Waals surface area (Å²) >= 11 is 1.68. The van der Waals surface area contributed by atoms with Crippen molar-refractivity contribution in [3.63, 3.8) is 0 Å². The van der Waals surface area contributed by atoms with Crippen LogP contribution in [0.2, 0.25) is 0 Å². The number of hydrogen-bond donors (Lipinski definition) is 1. The van der Waals surface area contributed by atoms with Gasteiger partial charge in [0.2, 0.25) is 0 Å². The molecule has 3 aromatic rings. The van der Waals surface area contributed by atoms with Gasteiger partial charge in [0.15, 0.2) is 0 Å². The van der Waals surface area contributed by atoms with Crippen molar-refractivity contribution >= 4 is 39.8 Å². The van der Waals surface area contributed by atoms with E-state index in [1.54, 1.807) is 11.3 Å². The second-order valence-electron chi connectivity index (χ2n) is 10.1. The highest BCUT2D eigenvalue weighted by atomic mass is 32.1. The first-order valence-corrected chi connectivity index (χ1v) is 12.4. The maximum Gasteiger partial charge on any atom is 0.259 e. The standard InChI is InChI=1S/C28H33N3OS/c1-28(2,3)20-13-16-23-24(17-20)33-27(25(23)26(32)30-21-9-7-6-8-10-21)29-18-19-11-14-22(15-12-19)31(4)5/h6-12,14-15,18,20H,13,16-17H2,1-5H3,(H,30,32)/t20-/m1/s1. The number of carbonyl (C=O) groups is 1. The predicted octanol–water partition coefficient (Wildman–Crippen LogP) is 6.97. The first-order valence-electron chi connectivity index (χ1n) is 11.5. The van der Waals surface area contributed by atoms with E-state index in [1.807, 2.05) is 50.6 Å². The Kier molecular flexibility index (Phi) is 6.71. The normalized spacial score (nSPS) is 16.0. The van der Waals surface area contributed by atoms with Crippen molar-refractivity contribution < 1.29 is 4.79 Å². The lowest BCUT2D eigenvalue weighted by Crippen LogP contribution is -2.27. The maximum absolute atomic E-state index is 13.4. The zero-order chi connectivity index (χ0) is 23.6. The Bertz CT molecular complexity index is 1140. The average molecular weight is 460 g/mol. The van der Waals surface area contributed by atoms with Crippen LogP contribution in [-0.2, 0) is 12.8 Å². The summed E-state index contributed by atoms with van der Waals surface area (Å²) in [4.78, 5) is 21.6. The minimum atomic E-state index is -0.0667. The highest BCUT2D eigenvalue weighted by Crippen LogP contribution is 2.45. The molecule has 0 fully saturated rings. The van der Waals surface area contributed by atoms with Gasteiger partial charge >= 0.3 is 0 Å². The molecule has 1 amide bonds. The number of hydrogen-bond acceptors (Lipinski definition) is 4. The van der Waals surface area contributed by atoms with E-state index in [0.29, 0.717) is 5.92 Å². The molecule has 33 heavy (non-hydrogen) atoms. The summed E-state index contributed by atoms with van der Waals surface area (Å²) in [6.45, 7) is 6.95. The molecule has 0 saturated heterocycles.